The summed E-state index contributed by atoms with van der Waals surface area (Å²) >= 11 is 0. The summed E-state index contributed by atoms with van der Waals surface area (Å²) in [5, 5.41) is 2.56. The van der Waals surface area contributed by atoms with Gasteiger partial charge < -0.3 is 10.2 Å². The SMILES string of the molecule is C=CCNC(=O)N(C)Cc1ccc(F)cc1F. The number of rotatable bonds is 4. The molecule has 0 unspecified atom stereocenters. The Labute approximate surface area is 98.7 Å². The summed E-state index contributed by atoms with van der Waals surface area (Å²) in [5.74, 6) is -1.29. The summed E-state index contributed by atoms with van der Waals surface area (Å²) < 4.78 is 26.0. The van der Waals surface area contributed by atoms with E-state index in [-0.39, 0.29) is 18.1 Å². The Morgan fingerprint density at radius 2 is 2.24 bits per heavy atom. The fraction of sp³-hybridized carbons (Fsp3) is 0.250. The quantitative estimate of drug-likeness (QED) is 0.805. The third-order valence-electron chi connectivity index (χ3n) is 2.17. The molecule has 0 bridgehead atoms. The maximum Gasteiger partial charge on any atom is 0.317 e. The zero-order valence-corrected chi connectivity index (χ0v) is 9.54. The lowest BCUT2D eigenvalue weighted by Gasteiger charge is -2.17. The molecule has 1 rings (SSSR count). The average Bonchev–Trinajstić information content (AvgIpc) is 2.29. The molecule has 0 saturated carbocycles. The van der Waals surface area contributed by atoms with Crippen LogP contribution >= 0.6 is 0 Å². The van der Waals surface area contributed by atoms with Crippen LogP contribution in [-0.4, -0.2) is 24.5 Å². The number of halogens is 2. The Morgan fingerprint density at radius 3 is 2.82 bits per heavy atom. The number of nitrogens with zero attached hydrogens (tertiary/aromatic N) is 1. The van der Waals surface area contributed by atoms with E-state index in [1.807, 2.05) is 0 Å². The topological polar surface area (TPSA) is 32.3 Å². The highest BCUT2D eigenvalue weighted by atomic mass is 19.1. The van der Waals surface area contributed by atoms with Crippen LogP contribution in [0.5, 0.6) is 0 Å². The second kappa shape index (κ2) is 5.98. The second-order valence-corrected chi connectivity index (χ2v) is 3.57. The third-order valence-corrected chi connectivity index (χ3v) is 2.17. The molecule has 0 atom stereocenters. The molecule has 92 valence electrons. The summed E-state index contributed by atoms with van der Waals surface area (Å²) in [6, 6.07) is 2.94. The Bertz CT molecular complexity index is 421. The van der Waals surface area contributed by atoms with Crippen LogP contribution in [-0.2, 0) is 6.54 Å². The molecule has 1 aromatic carbocycles. The standard InChI is InChI=1S/C12H14F2N2O/c1-3-6-15-12(17)16(2)8-9-4-5-10(13)7-11(9)14/h3-5,7H,1,6,8H2,2H3,(H,15,17). The second-order valence-electron chi connectivity index (χ2n) is 3.57. The van der Waals surface area contributed by atoms with Crippen LogP contribution < -0.4 is 5.32 Å². The minimum Gasteiger partial charge on any atom is -0.335 e. The molecule has 1 N–H and O–H groups in total. The van der Waals surface area contributed by atoms with Crippen molar-refractivity contribution in [2.45, 2.75) is 6.54 Å². The van der Waals surface area contributed by atoms with Gasteiger partial charge in [-0.15, -0.1) is 6.58 Å². The number of urea groups is 1. The molecule has 17 heavy (non-hydrogen) atoms. The van der Waals surface area contributed by atoms with Gasteiger partial charge in [-0.2, -0.15) is 0 Å². The van der Waals surface area contributed by atoms with Gasteiger partial charge in [0, 0.05) is 31.8 Å². The van der Waals surface area contributed by atoms with E-state index < -0.39 is 11.6 Å². The van der Waals surface area contributed by atoms with Crippen molar-refractivity contribution in [3.63, 3.8) is 0 Å². The van der Waals surface area contributed by atoms with Crippen molar-refractivity contribution in [2.24, 2.45) is 0 Å². The van der Waals surface area contributed by atoms with Gasteiger partial charge in [0.1, 0.15) is 11.6 Å². The lowest BCUT2D eigenvalue weighted by Crippen LogP contribution is -2.36. The largest absolute Gasteiger partial charge is 0.335 e. The summed E-state index contributed by atoms with van der Waals surface area (Å²) in [5.41, 5.74) is 0.266. The maximum atomic E-state index is 13.3. The fourth-order valence-electron chi connectivity index (χ4n) is 1.27. The highest BCUT2D eigenvalue weighted by Gasteiger charge is 2.11. The summed E-state index contributed by atoms with van der Waals surface area (Å²) in [6.07, 6.45) is 1.55. The number of carbonyl (C=O) groups is 1. The highest BCUT2D eigenvalue weighted by molar-refractivity contribution is 5.73. The van der Waals surface area contributed by atoms with E-state index in [0.717, 1.165) is 12.1 Å². The van der Waals surface area contributed by atoms with Crippen molar-refractivity contribution in [3.05, 3.63) is 48.1 Å². The molecule has 0 aliphatic heterocycles. The van der Waals surface area contributed by atoms with E-state index in [2.05, 4.69) is 11.9 Å². The van der Waals surface area contributed by atoms with E-state index in [9.17, 15) is 13.6 Å². The molecule has 3 nitrogen and oxygen atoms in total. The summed E-state index contributed by atoms with van der Waals surface area (Å²) in [7, 11) is 1.53. The zero-order chi connectivity index (χ0) is 12.8. The van der Waals surface area contributed by atoms with Crippen LogP contribution in [0.15, 0.2) is 30.9 Å². The first kappa shape index (κ1) is 13.2. The van der Waals surface area contributed by atoms with E-state index in [1.54, 1.807) is 6.08 Å². The van der Waals surface area contributed by atoms with Gasteiger partial charge in [-0.3, -0.25) is 0 Å². The molecule has 0 saturated heterocycles. The van der Waals surface area contributed by atoms with Crippen molar-refractivity contribution in [2.75, 3.05) is 13.6 Å². The van der Waals surface area contributed by atoms with Gasteiger partial charge in [0.2, 0.25) is 0 Å². The molecule has 1 aromatic rings. The number of benzene rings is 1. The molecule has 0 fully saturated rings. The molecular formula is C12H14F2N2O. The van der Waals surface area contributed by atoms with Gasteiger partial charge in [0.15, 0.2) is 0 Å². The van der Waals surface area contributed by atoms with Crippen molar-refractivity contribution >= 4 is 6.03 Å². The smallest absolute Gasteiger partial charge is 0.317 e. The molecule has 0 aromatic heterocycles. The normalized spacial score (nSPS) is 9.82. The number of hydrogen-bond donors (Lipinski definition) is 1. The van der Waals surface area contributed by atoms with Crippen LogP contribution in [0.3, 0.4) is 0 Å². The molecule has 0 aliphatic carbocycles. The van der Waals surface area contributed by atoms with Gasteiger partial charge in [0.25, 0.3) is 0 Å². The first-order valence-electron chi connectivity index (χ1n) is 5.08. The first-order chi connectivity index (χ1) is 8.04. The van der Waals surface area contributed by atoms with Crippen LogP contribution in [0.4, 0.5) is 13.6 Å². The molecule has 0 spiro atoms. The monoisotopic (exact) mass is 240 g/mol. The van der Waals surface area contributed by atoms with Gasteiger partial charge in [-0.25, -0.2) is 13.6 Å². The van der Waals surface area contributed by atoms with Crippen molar-refractivity contribution in [1.82, 2.24) is 10.2 Å². The third kappa shape index (κ3) is 3.86. The lowest BCUT2D eigenvalue weighted by atomic mass is 10.2. The maximum absolute atomic E-state index is 13.3. The Balaban J connectivity index is 2.64. The highest BCUT2D eigenvalue weighted by Crippen LogP contribution is 2.11. The van der Waals surface area contributed by atoms with E-state index >= 15 is 0 Å². The van der Waals surface area contributed by atoms with E-state index in [1.165, 1.54) is 18.0 Å². The first-order valence-corrected chi connectivity index (χ1v) is 5.08. The minimum atomic E-state index is -0.659. The fourth-order valence-corrected chi connectivity index (χ4v) is 1.27. The minimum absolute atomic E-state index is 0.0785. The molecule has 0 aliphatic rings. The van der Waals surface area contributed by atoms with E-state index in [4.69, 9.17) is 0 Å². The molecular weight excluding hydrogens is 226 g/mol. The Hall–Kier alpha value is -1.91. The number of hydrogen-bond acceptors (Lipinski definition) is 1. The summed E-state index contributed by atoms with van der Waals surface area (Å²) in [4.78, 5) is 12.8. The molecule has 5 heteroatoms. The van der Waals surface area contributed by atoms with E-state index in [0.29, 0.717) is 6.54 Å². The Kier molecular flexibility index (Phi) is 4.63. The number of amides is 2. The number of nitrogens with one attached hydrogen (secondary N) is 1. The predicted octanol–water partition coefficient (Wildman–Crippen LogP) is 2.29. The molecule has 2 amide bonds. The van der Waals surface area contributed by atoms with Crippen LogP contribution in [0, 0.1) is 11.6 Å². The molecule has 0 radical (unpaired) electrons. The predicted molar refractivity (Wildman–Crippen MR) is 61.4 cm³/mol. The number of carbonyl (C=O) groups excluding carboxylic acids is 1. The van der Waals surface area contributed by atoms with Crippen molar-refractivity contribution in [3.8, 4) is 0 Å². The van der Waals surface area contributed by atoms with Gasteiger partial charge in [0.05, 0.1) is 0 Å². The average molecular weight is 240 g/mol. The van der Waals surface area contributed by atoms with Crippen molar-refractivity contribution in [1.29, 1.82) is 0 Å². The lowest BCUT2D eigenvalue weighted by molar-refractivity contribution is 0.207. The zero-order valence-electron chi connectivity index (χ0n) is 9.54. The summed E-state index contributed by atoms with van der Waals surface area (Å²) in [6.45, 7) is 3.89. The van der Waals surface area contributed by atoms with Crippen molar-refractivity contribution < 1.29 is 13.6 Å². The van der Waals surface area contributed by atoms with Crippen LogP contribution in [0.1, 0.15) is 5.56 Å². The van der Waals surface area contributed by atoms with Crippen LogP contribution in [0.2, 0.25) is 0 Å². The Morgan fingerprint density at radius 1 is 1.53 bits per heavy atom. The van der Waals surface area contributed by atoms with Crippen LogP contribution in [0.25, 0.3) is 0 Å². The van der Waals surface area contributed by atoms with Gasteiger partial charge >= 0.3 is 6.03 Å². The van der Waals surface area contributed by atoms with Gasteiger partial charge in [-0.1, -0.05) is 12.1 Å². The van der Waals surface area contributed by atoms with Gasteiger partial charge in [-0.05, 0) is 6.07 Å². The molecule has 0 heterocycles.